The molecule has 0 spiro atoms. The number of aromatic nitrogens is 2. The van der Waals surface area contributed by atoms with Gasteiger partial charge in [-0.05, 0) is 55.7 Å². The van der Waals surface area contributed by atoms with E-state index in [2.05, 4.69) is 28.3 Å². The van der Waals surface area contributed by atoms with Crippen LogP contribution >= 0.6 is 0 Å². The van der Waals surface area contributed by atoms with Crippen LogP contribution < -0.4 is 10.1 Å². The Morgan fingerprint density at radius 1 is 1.17 bits per heavy atom. The number of rotatable bonds is 8. The Morgan fingerprint density at radius 2 is 2.00 bits per heavy atom. The second-order valence-corrected chi connectivity index (χ2v) is 6.66. The van der Waals surface area contributed by atoms with Crippen LogP contribution in [-0.2, 0) is 0 Å². The SMILES string of the molecule is CCCC=CCCOc1cccc(NC(=O)c2nc3cccnc3cc2C)c1F. The summed E-state index contributed by atoms with van der Waals surface area (Å²) >= 11 is 0. The summed E-state index contributed by atoms with van der Waals surface area (Å²) in [6.45, 7) is 4.26. The quantitative estimate of drug-likeness (QED) is 0.408. The number of nitrogens with one attached hydrogen (secondary N) is 1. The van der Waals surface area contributed by atoms with Crippen LogP contribution in [0.1, 0.15) is 42.2 Å². The van der Waals surface area contributed by atoms with Gasteiger partial charge in [-0.15, -0.1) is 0 Å². The third-order valence-electron chi connectivity index (χ3n) is 4.37. The topological polar surface area (TPSA) is 64.1 Å². The lowest BCUT2D eigenvalue weighted by Crippen LogP contribution is -2.16. The van der Waals surface area contributed by atoms with Gasteiger partial charge in [0.2, 0.25) is 0 Å². The van der Waals surface area contributed by atoms with Gasteiger partial charge in [-0.1, -0.05) is 31.6 Å². The summed E-state index contributed by atoms with van der Waals surface area (Å²) in [6.07, 6.45) is 8.60. The summed E-state index contributed by atoms with van der Waals surface area (Å²) in [5.74, 6) is -0.968. The van der Waals surface area contributed by atoms with E-state index in [0.29, 0.717) is 29.6 Å². The Morgan fingerprint density at radius 3 is 2.83 bits per heavy atom. The van der Waals surface area contributed by atoms with E-state index in [1.807, 2.05) is 6.08 Å². The molecule has 6 heteroatoms. The molecule has 1 N–H and O–H groups in total. The normalized spacial score (nSPS) is 11.1. The van der Waals surface area contributed by atoms with Crippen molar-refractivity contribution in [1.29, 1.82) is 0 Å². The average Bonchev–Trinajstić information content (AvgIpc) is 2.72. The highest BCUT2D eigenvalue weighted by Gasteiger charge is 2.16. The summed E-state index contributed by atoms with van der Waals surface area (Å²) < 4.78 is 20.3. The van der Waals surface area contributed by atoms with Gasteiger partial charge in [0.05, 0.1) is 23.3 Å². The highest BCUT2D eigenvalue weighted by molar-refractivity contribution is 6.05. The third-order valence-corrected chi connectivity index (χ3v) is 4.37. The summed E-state index contributed by atoms with van der Waals surface area (Å²) in [5, 5.41) is 2.60. The Balaban J connectivity index is 1.71. The number of allylic oxidation sites excluding steroid dienone is 1. The Kier molecular flexibility index (Phi) is 6.89. The molecule has 0 radical (unpaired) electrons. The molecule has 0 aliphatic rings. The number of amides is 1. The van der Waals surface area contributed by atoms with Crippen molar-refractivity contribution >= 4 is 22.6 Å². The number of anilines is 1. The van der Waals surface area contributed by atoms with Crippen molar-refractivity contribution < 1.29 is 13.9 Å². The Labute approximate surface area is 169 Å². The lowest BCUT2D eigenvalue weighted by atomic mass is 10.1. The van der Waals surface area contributed by atoms with Crippen LogP contribution in [0.2, 0.25) is 0 Å². The van der Waals surface area contributed by atoms with E-state index in [9.17, 15) is 9.18 Å². The van der Waals surface area contributed by atoms with Crippen molar-refractivity contribution in [2.24, 2.45) is 0 Å². The number of fused-ring (bicyclic) bond motifs is 1. The van der Waals surface area contributed by atoms with E-state index in [4.69, 9.17) is 4.74 Å². The molecule has 0 saturated carbocycles. The van der Waals surface area contributed by atoms with Crippen LogP contribution in [0.25, 0.3) is 11.0 Å². The molecular formula is C23H24FN3O2. The minimum absolute atomic E-state index is 0.0570. The fourth-order valence-electron chi connectivity index (χ4n) is 2.87. The minimum atomic E-state index is -0.599. The maximum absolute atomic E-state index is 14.7. The van der Waals surface area contributed by atoms with Gasteiger partial charge >= 0.3 is 0 Å². The molecule has 0 aliphatic carbocycles. The highest BCUT2D eigenvalue weighted by atomic mass is 19.1. The first kappa shape index (κ1) is 20.5. The zero-order valence-corrected chi connectivity index (χ0v) is 16.6. The van der Waals surface area contributed by atoms with Gasteiger partial charge < -0.3 is 10.1 Å². The zero-order chi connectivity index (χ0) is 20.6. The van der Waals surface area contributed by atoms with E-state index in [1.54, 1.807) is 43.5 Å². The number of unbranched alkanes of at least 4 members (excludes halogenated alkanes) is 1. The standard InChI is InChI=1S/C23H24FN3O2/c1-3-4-5-6-7-14-29-20-12-8-10-18(21(20)24)27-23(28)22-16(2)15-19-17(26-22)11-9-13-25-19/h5-6,8-13,15H,3-4,7,14H2,1-2H3,(H,27,28). The number of carbonyl (C=O) groups is 1. The Bertz CT molecular complexity index is 1030. The van der Waals surface area contributed by atoms with Crippen LogP contribution in [0, 0.1) is 12.7 Å². The molecule has 0 atom stereocenters. The Hall–Kier alpha value is -3.28. The molecule has 5 nitrogen and oxygen atoms in total. The van der Waals surface area contributed by atoms with Crippen molar-refractivity contribution in [3.05, 3.63) is 71.8 Å². The number of carbonyl (C=O) groups excluding carboxylic acids is 1. The van der Waals surface area contributed by atoms with Gasteiger partial charge in [0, 0.05) is 6.20 Å². The molecule has 0 saturated heterocycles. The van der Waals surface area contributed by atoms with E-state index in [-0.39, 0.29) is 17.1 Å². The molecule has 2 heterocycles. The number of nitrogens with zero attached hydrogens (tertiary/aromatic N) is 2. The summed E-state index contributed by atoms with van der Waals surface area (Å²) in [7, 11) is 0. The predicted octanol–water partition coefficient (Wildman–Crippen LogP) is 5.45. The van der Waals surface area contributed by atoms with Crippen LogP contribution in [-0.4, -0.2) is 22.5 Å². The molecule has 0 bridgehead atoms. The lowest BCUT2D eigenvalue weighted by Gasteiger charge is -2.12. The van der Waals surface area contributed by atoms with Crippen LogP contribution in [0.4, 0.5) is 10.1 Å². The number of halogens is 1. The van der Waals surface area contributed by atoms with E-state index in [0.717, 1.165) is 12.8 Å². The molecule has 3 aromatic rings. The highest BCUT2D eigenvalue weighted by Crippen LogP contribution is 2.25. The van der Waals surface area contributed by atoms with Crippen LogP contribution in [0.3, 0.4) is 0 Å². The minimum Gasteiger partial charge on any atom is -0.490 e. The summed E-state index contributed by atoms with van der Waals surface area (Å²) in [6, 6.07) is 10.0. The first-order chi connectivity index (χ1) is 14.1. The summed E-state index contributed by atoms with van der Waals surface area (Å²) in [5.41, 5.74) is 2.27. The molecule has 150 valence electrons. The molecule has 1 amide bonds. The van der Waals surface area contributed by atoms with Gasteiger partial charge in [0.15, 0.2) is 11.6 Å². The van der Waals surface area contributed by atoms with Crippen molar-refractivity contribution in [1.82, 2.24) is 9.97 Å². The fourth-order valence-corrected chi connectivity index (χ4v) is 2.87. The number of pyridine rings is 2. The van der Waals surface area contributed by atoms with Crippen molar-refractivity contribution in [2.75, 3.05) is 11.9 Å². The maximum Gasteiger partial charge on any atom is 0.274 e. The first-order valence-corrected chi connectivity index (χ1v) is 9.70. The van der Waals surface area contributed by atoms with Gasteiger partial charge in [0.25, 0.3) is 5.91 Å². The molecule has 0 unspecified atom stereocenters. The van der Waals surface area contributed by atoms with E-state index in [1.165, 1.54) is 6.07 Å². The van der Waals surface area contributed by atoms with Crippen molar-refractivity contribution in [3.63, 3.8) is 0 Å². The molecule has 29 heavy (non-hydrogen) atoms. The monoisotopic (exact) mass is 393 g/mol. The van der Waals surface area contributed by atoms with Crippen molar-refractivity contribution in [3.8, 4) is 5.75 Å². The maximum atomic E-state index is 14.7. The van der Waals surface area contributed by atoms with E-state index >= 15 is 0 Å². The van der Waals surface area contributed by atoms with E-state index < -0.39 is 11.7 Å². The van der Waals surface area contributed by atoms with Gasteiger partial charge in [-0.2, -0.15) is 0 Å². The number of hydrogen-bond acceptors (Lipinski definition) is 4. The number of hydrogen-bond donors (Lipinski definition) is 1. The average molecular weight is 393 g/mol. The zero-order valence-electron chi connectivity index (χ0n) is 16.6. The number of ether oxygens (including phenoxy) is 1. The fraction of sp³-hybridized carbons (Fsp3) is 0.261. The third kappa shape index (κ3) is 5.16. The van der Waals surface area contributed by atoms with Crippen LogP contribution in [0.5, 0.6) is 5.75 Å². The molecule has 3 rings (SSSR count). The van der Waals surface area contributed by atoms with Gasteiger partial charge in [-0.3, -0.25) is 9.78 Å². The second-order valence-electron chi connectivity index (χ2n) is 6.66. The molecule has 2 aromatic heterocycles. The second kappa shape index (κ2) is 9.78. The first-order valence-electron chi connectivity index (χ1n) is 9.70. The molecule has 0 fully saturated rings. The smallest absolute Gasteiger partial charge is 0.274 e. The molecular weight excluding hydrogens is 369 g/mol. The largest absolute Gasteiger partial charge is 0.490 e. The van der Waals surface area contributed by atoms with Crippen molar-refractivity contribution in [2.45, 2.75) is 33.1 Å². The van der Waals surface area contributed by atoms with Gasteiger partial charge in [-0.25, -0.2) is 9.37 Å². The van der Waals surface area contributed by atoms with Crippen LogP contribution in [0.15, 0.2) is 54.7 Å². The summed E-state index contributed by atoms with van der Waals surface area (Å²) in [4.78, 5) is 21.3. The van der Waals surface area contributed by atoms with Gasteiger partial charge in [0.1, 0.15) is 5.69 Å². The predicted molar refractivity (Wildman–Crippen MR) is 113 cm³/mol. The number of aryl methyl sites for hydroxylation is 1. The lowest BCUT2D eigenvalue weighted by molar-refractivity contribution is 0.102. The number of benzene rings is 1. The molecule has 0 aliphatic heterocycles. The molecule has 1 aromatic carbocycles.